The van der Waals surface area contributed by atoms with Crippen LogP contribution in [0.25, 0.3) is 21.8 Å². The van der Waals surface area contributed by atoms with Crippen molar-refractivity contribution in [1.82, 2.24) is 4.57 Å². The van der Waals surface area contributed by atoms with Gasteiger partial charge in [-0.05, 0) is 36.4 Å². The van der Waals surface area contributed by atoms with E-state index in [0.29, 0.717) is 17.9 Å². The Labute approximate surface area is 154 Å². The van der Waals surface area contributed by atoms with Crippen LogP contribution < -0.4 is 0 Å². The highest BCUT2D eigenvalue weighted by Gasteiger charge is 2.10. The van der Waals surface area contributed by atoms with E-state index in [1.807, 2.05) is 42.5 Å². The van der Waals surface area contributed by atoms with E-state index < -0.39 is 4.92 Å². The molecule has 1 aromatic heterocycles. The molecule has 3 aromatic carbocycles. The summed E-state index contributed by atoms with van der Waals surface area (Å²) in [6.07, 6.45) is 0. The minimum atomic E-state index is -0.447. The van der Waals surface area contributed by atoms with Crippen LogP contribution in [0.15, 0.2) is 77.0 Å². The first kappa shape index (κ1) is 16.9. The third-order valence-corrected chi connectivity index (χ3v) is 4.42. The molecule has 1 heterocycles. The van der Waals surface area contributed by atoms with Crippen LogP contribution in [0.3, 0.4) is 0 Å². The molecule has 1 N–H and O–H groups in total. The first-order valence-corrected chi connectivity index (χ1v) is 8.45. The lowest BCUT2D eigenvalue weighted by atomic mass is 10.1. The maximum atomic E-state index is 10.7. The maximum absolute atomic E-state index is 10.7. The summed E-state index contributed by atoms with van der Waals surface area (Å²) in [6.45, 7) is 0.586. The maximum Gasteiger partial charge on any atom is 0.269 e. The van der Waals surface area contributed by atoms with E-state index in [9.17, 15) is 15.2 Å². The molecule has 7 heteroatoms. The van der Waals surface area contributed by atoms with E-state index in [0.717, 1.165) is 21.8 Å². The van der Waals surface area contributed by atoms with Crippen molar-refractivity contribution < 1.29 is 10.0 Å². The molecule has 0 bridgehead atoms. The van der Waals surface area contributed by atoms with Crippen molar-refractivity contribution in [2.75, 3.05) is 6.61 Å². The van der Waals surface area contributed by atoms with Gasteiger partial charge in [-0.15, -0.1) is 0 Å². The highest BCUT2D eigenvalue weighted by Crippen LogP contribution is 2.32. The quantitative estimate of drug-likeness (QED) is 0.304. The molecule has 27 heavy (non-hydrogen) atoms. The number of nitro groups is 1. The Morgan fingerprint density at radius 2 is 1.56 bits per heavy atom. The highest BCUT2D eigenvalue weighted by atomic mass is 16.6. The number of aromatic nitrogens is 1. The lowest BCUT2D eigenvalue weighted by Crippen LogP contribution is -2.00. The van der Waals surface area contributed by atoms with Crippen LogP contribution in [-0.4, -0.2) is 21.2 Å². The first-order chi connectivity index (χ1) is 13.2. The van der Waals surface area contributed by atoms with Gasteiger partial charge in [-0.2, -0.15) is 10.2 Å². The number of aliphatic hydroxyl groups excluding tert-OH is 1. The van der Waals surface area contributed by atoms with Crippen LogP contribution in [0.5, 0.6) is 0 Å². The Morgan fingerprint density at radius 3 is 2.30 bits per heavy atom. The van der Waals surface area contributed by atoms with E-state index in [1.165, 1.54) is 12.1 Å². The molecule has 0 aliphatic heterocycles. The van der Waals surface area contributed by atoms with E-state index in [4.69, 9.17) is 0 Å². The average molecular weight is 360 g/mol. The van der Waals surface area contributed by atoms with Gasteiger partial charge in [-0.3, -0.25) is 10.1 Å². The Morgan fingerprint density at radius 1 is 0.889 bits per heavy atom. The van der Waals surface area contributed by atoms with Gasteiger partial charge >= 0.3 is 0 Å². The van der Waals surface area contributed by atoms with Crippen LogP contribution in [0.2, 0.25) is 0 Å². The van der Waals surface area contributed by atoms with Crippen LogP contribution in [0, 0.1) is 10.1 Å². The van der Waals surface area contributed by atoms with Gasteiger partial charge in [-0.25, -0.2) is 0 Å². The number of non-ortho nitro benzene ring substituents is 1. The molecule has 0 saturated heterocycles. The molecule has 4 aromatic rings. The summed E-state index contributed by atoms with van der Waals surface area (Å²) in [5.41, 5.74) is 3.34. The second-order valence-electron chi connectivity index (χ2n) is 6.07. The first-order valence-electron chi connectivity index (χ1n) is 8.45. The van der Waals surface area contributed by atoms with Gasteiger partial charge in [0.2, 0.25) is 0 Å². The van der Waals surface area contributed by atoms with Gasteiger partial charge in [0, 0.05) is 40.5 Å². The molecule has 0 fully saturated rings. The number of azo groups is 1. The number of hydrogen-bond acceptors (Lipinski definition) is 5. The molecule has 0 aliphatic rings. The number of fused-ring (bicyclic) bond motifs is 3. The highest BCUT2D eigenvalue weighted by molar-refractivity contribution is 6.08. The largest absolute Gasteiger partial charge is 0.395 e. The molecular weight excluding hydrogens is 344 g/mol. The van der Waals surface area contributed by atoms with E-state index >= 15 is 0 Å². The number of nitro benzene ring substituents is 1. The van der Waals surface area contributed by atoms with Gasteiger partial charge in [-0.1, -0.05) is 18.2 Å². The molecule has 0 spiro atoms. The molecule has 4 rings (SSSR count). The second kappa shape index (κ2) is 6.97. The van der Waals surface area contributed by atoms with Crippen molar-refractivity contribution in [3.8, 4) is 0 Å². The van der Waals surface area contributed by atoms with E-state index in [-0.39, 0.29) is 12.3 Å². The minimum Gasteiger partial charge on any atom is -0.395 e. The Hall–Kier alpha value is -3.58. The van der Waals surface area contributed by atoms with Crippen LogP contribution in [-0.2, 0) is 6.54 Å². The zero-order chi connectivity index (χ0) is 18.8. The van der Waals surface area contributed by atoms with E-state index in [2.05, 4.69) is 14.8 Å². The van der Waals surface area contributed by atoms with Crippen LogP contribution >= 0.6 is 0 Å². The fourth-order valence-electron chi connectivity index (χ4n) is 3.20. The van der Waals surface area contributed by atoms with Crippen molar-refractivity contribution in [1.29, 1.82) is 0 Å². The standard InChI is InChI=1S/C20H16N4O3/c25-12-11-23-19-4-2-1-3-17(19)18-13-15(7-10-20(18)23)22-21-14-5-8-16(9-6-14)24(26)27/h1-10,13,25H,11-12H2. The van der Waals surface area contributed by atoms with Gasteiger partial charge < -0.3 is 9.67 Å². The number of rotatable bonds is 5. The van der Waals surface area contributed by atoms with Gasteiger partial charge in [0.25, 0.3) is 5.69 Å². The summed E-state index contributed by atoms with van der Waals surface area (Å²) in [6, 6.07) is 19.8. The predicted octanol–water partition coefficient (Wildman–Crippen LogP) is 5.11. The van der Waals surface area contributed by atoms with E-state index in [1.54, 1.807) is 12.1 Å². The summed E-state index contributed by atoms with van der Waals surface area (Å²) in [5, 5.41) is 30.6. The molecule has 0 unspecified atom stereocenters. The molecule has 0 aliphatic carbocycles. The van der Waals surface area contributed by atoms with Crippen molar-refractivity contribution in [2.24, 2.45) is 10.2 Å². The topological polar surface area (TPSA) is 93.0 Å². The van der Waals surface area contributed by atoms with Crippen molar-refractivity contribution in [2.45, 2.75) is 6.54 Å². The number of aliphatic hydroxyl groups is 1. The molecule has 0 amide bonds. The fraction of sp³-hybridized carbons (Fsp3) is 0.100. The second-order valence-corrected chi connectivity index (χ2v) is 6.07. The van der Waals surface area contributed by atoms with Gasteiger partial charge in [0.05, 0.1) is 22.9 Å². The van der Waals surface area contributed by atoms with Gasteiger partial charge in [0.1, 0.15) is 0 Å². The molecule has 0 atom stereocenters. The zero-order valence-corrected chi connectivity index (χ0v) is 14.3. The summed E-state index contributed by atoms with van der Waals surface area (Å²) < 4.78 is 2.09. The number of hydrogen-bond donors (Lipinski definition) is 1. The predicted molar refractivity (Wildman–Crippen MR) is 104 cm³/mol. The molecule has 7 nitrogen and oxygen atoms in total. The van der Waals surface area contributed by atoms with Crippen molar-refractivity contribution >= 4 is 38.9 Å². The summed E-state index contributed by atoms with van der Waals surface area (Å²) >= 11 is 0. The average Bonchev–Trinajstić information content (AvgIpc) is 3.00. The Bertz CT molecular complexity index is 1160. The summed E-state index contributed by atoms with van der Waals surface area (Å²) in [4.78, 5) is 10.3. The van der Waals surface area contributed by atoms with Crippen LogP contribution in [0.1, 0.15) is 0 Å². The SMILES string of the molecule is O=[N+]([O-])c1ccc(N=Nc2ccc3c(c2)c2ccccc2n3CCO)cc1. The normalized spacial score (nSPS) is 11.6. The fourth-order valence-corrected chi connectivity index (χ4v) is 3.20. The lowest BCUT2D eigenvalue weighted by molar-refractivity contribution is -0.384. The van der Waals surface area contributed by atoms with Crippen LogP contribution in [0.4, 0.5) is 17.1 Å². The monoisotopic (exact) mass is 360 g/mol. The Kier molecular flexibility index (Phi) is 4.35. The zero-order valence-electron chi connectivity index (χ0n) is 14.3. The van der Waals surface area contributed by atoms with Crippen molar-refractivity contribution in [3.63, 3.8) is 0 Å². The summed E-state index contributed by atoms with van der Waals surface area (Å²) in [5.74, 6) is 0. The molecule has 0 saturated carbocycles. The smallest absolute Gasteiger partial charge is 0.269 e. The molecule has 134 valence electrons. The lowest BCUT2D eigenvalue weighted by Gasteiger charge is -2.04. The van der Waals surface area contributed by atoms with Gasteiger partial charge in [0.15, 0.2) is 0 Å². The number of benzene rings is 3. The van der Waals surface area contributed by atoms with Crippen molar-refractivity contribution in [3.05, 3.63) is 76.8 Å². The third-order valence-electron chi connectivity index (χ3n) is 4.42. The minimum absolute atomic E-state index is 0.0204. The Balaban J connectivity index is 1.73. The molecule has 0 radical (unpaired) electrons. The third kappa shape index (κ3) is 3.16. The number of para-hydroxylation sites is 1. The molecular formula is C20H16N4O3. The number of nitrogens with zero attached hydrogens (tertiary/aromatic N) is 4. The summed E-state index contributed by atoms with van der Waals surface area (Å²) in [7, 11) is 0.